The summed E-state index contributed by atoms with van der Waals surface area (Å²) < 4.78 is 0.913. The zero-order valence-electron chi connectivity index (χ0n) is 9.91. The number of aromatic amines is 1. The molecule has 3 heteroatoms. The van der Waals surface area contributed by atoms with E-state index in [-0.39, 0.29) is 0 Å². The highest BCUT2D eigenvalue weighted by atomic mass is 32.1. The number of likely N-dealkylation sites (tertiary alicyclic amines) is 1. The Morgan fingerprint density at radius 3 is 3.19 bits per heavy atom. The molecule has 2 rings (SSSR count). The molecule has 88 valence electrons. The third-order valence-corrected chi connectivity index (χ3v) is 3.72. The Hall–Kier alpha value is -0.670. The number of H-pyrrole nitrogens is 1. The summed E-state index contributed by atoms with van der Waals surface area (Å²) >= 11 is 5.37. The van der Waals surface area contributed by atoms with Crippen molar-refractivity contribution in [1.29, 1.82) is 0 Å². The summed E-state index contributed by atoms with van der Waals surface area (Å²) in [5, 5.41) is 0. The van der Waals surface area contributed by atoms with Crippen LogP contribution in [0.2, 0.25) is 0 Å². The van der Waals surface area contributed by atoms with Crippen LogP contribution in [0.4, 0.5) is 0 Å². The fraction of sp³-hybridized carbons (Fsp3) is 0.615. The minimum Gasteiger partial charge on any atom is -0.353 e. The van der Waals surface area contributed by atoms with Crippen LogP contribution >= 0.6 is 12.2 Å². The molecule has 16 heavy (non-hydrogen) atoms. The summed E-state index contributed by atoms with van der Waals surface area (Å²) in [6.45, 7) is 4.69. The molecule has 1 aromatic heterocycles. The fourth-order valence-electron chi connectivity index (χ4n) is 2.50. The summed E-state index contributed by atoms with van der Waals surface area (Å²) in [6, 6.07) is 4.78. The molecule has 1 N–H and O–H groups in total. The van der Waals surface area contributed by atoms with Crippen LogP contribution in [-0.4, -0.2) is 23.0 Å². The maximum absolute atomic E-state index is 5.37. The molecular formula is C13H20N2S. The molecule has 1 fully saturated rings. The van der Waals surface area contributed by atoms with Gasteiger partial charge in [0, 0.05) is 17.8 Å². The van der Waals surface area contributed by atoms with E-state index < -0.39 is 0 Å². The van der Waals surface area contributed by atoms with Gasteiger partial charge in [-0.15, -0.1) is 0 Å². The summed E-state index contributed by atoms with van der Waals surface area (Å²) in [5.41, 5.74) is 1.31. The van der Waals surface area contributed by atoms with Gasteiger partial charge in [0.2, 0.25) is 0 Å². The standard InChI is InChI=1S/C13H20N2S/c1-2-3-9-15-10-5-7-12(15)11-6-4-8-14-13(11)16/h4,6,8,12H,2-3,5,7,9-10H2,1H3,(H,14,16). The van der Waals surface area contributed by atoms with Crippen LogP contribution in [0, 0.1) is 4.64 Å². The first-order valence-electron chi connectivity index (χ1n) is 6.24. The van der Waals surface area contributed by atoms with Gasteiger partial charge in [0.25, 0.3) is 0 Å². The van der Waals surface area contributed by atoms with Gasteiger partial charge in [0.05, 0.1) is 0 Å². The second kappa shape index (κ2) is 5.60. The molecule has 1 saturated heterocycles. The van der Waals surface area contributed by atoms with E-state index >= 15 is 0 Å². The molecule has 1 aliphatic rings. The molecular weight excluding hydrogens is 216 g/mol. The van der Waals surface area contributed by atoms with Gasteiger partial charge in [-0.1, -0.05) is 31.6 Å². The lowest BCUT2D eigenvalue weighted by Gasteiger charge is -2.24. The SMILES string of the molecule is CCCCN1CCCC1c1ccc[nH]c1=S. The van der Waals surface area contributed by atoms with Crippen molar-refractivity contribution in [3.05, 3.63) is 28.5 Å². The van der Waals surface area contributed by atoms with Crippen LogP contribution < -0.4 is 0 Å². The number of rotatable bonds is 4. The highest BCUT2D eigenvalue weighted by Crippen LogP contribution is 2.31. The Morgan fingerprint density at radius 2 is 2.44 bits per heavy atom. The van der Waals surface area contributed by atoms with Crippen molar-refractivity contribution >= 4 is 12.2 Å². The molecule has 0 spiro atoms. The first kappa shape index (κ1) is 11.8. The van der Waals surface area contributed by atoms with Crippen LogP contribution in [0.25, 0.3) is 0 Å². The van der Waals surface area contributed by atoms with Gasteiger partial charge in [-0.25, -0.2) is 0 Å². The minimum atomic E-state index is 0.552. The summed E-state index contributed by atoms with van der Waals surface area (Å²) in [6.07, 6.45) is 7.03. The average Bonchev–Trinajstić information content (AvgIpc) is 2.75. The number of nitrogens with zero attached hydrogens (tertiary/aromatic N) is 1. The third kappa shape index (κ3) is 2.53. The molecule has 0 aliphatic carbocycles. The fourth-order valence-corrected chi connectivity index (χ4v) is 2.78. The van der Waals surface area contributed by atoms with Gasteiger partial charge >= 0.3 is 0 Å². The molecule has 1 atom stereocenters. The van der Waals surface area contributed by atoms with Crippen molar-refractivity contribution in [3.8, 4) is 0 Å². The van der Waals surface area contributed by atoms with Gasteiger partial charge in [-0.3, -0.25) is 4.90 Å². The predicted molar refractivity (Wildman–Crippen MR) is 70.1 cm³/mol. The number of aromatic nitrogens is 1. The predicted octanol–water partition coefficient (Wildman–Crippen LogP) is 3.68. The number of nitrogens with one attached hydrogen (secondary N) is 1. The van der Waals surface area contributed by atoms with E-state index in [0.29, 0.717) is 6.04 Å². The molecule has 1 aliphatic heterocycles. The highest BCUT2D eigenvalue weighted by Gasteiger charge is 2.25. The molecule has 1 aromatic rings. The quantitative estimate of drug-likeness (QED) is 0.804. The zero-order valence-corrected chi connectivity index (χ0v) is 10.7. The van der Waals surface area contributed by atoms with Crippen molar-refractivity contribution in [2.75, 3.05) is 13.1 Å². The third-order valence-electron chi connectivity index (χ3n) is 3.37. The van der Waals surface area contributed by atoms with Gasteiger partial charge in [0.1, 0.15) is 4.64 Å². The Morgan fingerprint density at radius 1 is 1.56 bits per heavy atom. The number of hydrogen-bond acceptors (Lipinski definition) is 2. The monoisotopic (exact) mass is 236 g/mol. The molecule has 0 bridgehead atoms. The molecule has 0 amide bonds. The number of hydrogen-bond donors (Lipinski definition) is 1. The van der Waals surface area contributed by atoms with E-state index in [1.54, 1.807) is 0 Å². The summed E-state index contributed by atoms with van der Waals surface area (Å²) in [4.78, 5) is 5.73. The van der Waals surface area contributed by atoms with Gasteiger partial charge in [-0.05, 0) is 38.4 Å². The van der Waals surface area contributed by atoms with E-state index in [2.05, 4.69) is 28.9 Å². The molecule has 1 unspecified atom stereocenters. The normalized spacial score (nSPS) is 21.4. The highest BCUT2D eigenvalue weighted by molar-refractivity contribution is 7.71. The second-order valence-corrected chi connectivity index (χ2v) is 4.91. The Balaban J connectivity index is 2.14. The Bertz CT molecular complexity index is 386. The minimum absolute atomic E-state index is 0.552. The molecule has 0 radical (unpaired) electrons. The van der Waals surface area contributed by atoms with Crippen LogP contribution in [0.1, 0.15) is 44.2 Å². The van der Waals surface area contributed by atoms with E-state index in [4.69, 9.17) is 12.2 Å². The molecule has 2 nitrogen and oxygen atoms in total. The van der Waals surface area contributed by atoms with Crippen LogP contribution in [0.3, 0.4) is 0 Å². The summed E-state index contributed by atoms with van der Waals surface area (Å²) in [5.74, 6) is 0. The van der Waals surface area contributed by atoms with Crippen molar-refractivity contribution < 1.29 is 0 Å². The lowest BCUT2D eigenvalue weighted by Crippen LogP contribution is -2.24. The van der Waals surface area contributed by atoms with E-state index in [9.17, 15) is 0 Å². The van der Waals surface area contributed by atoms with Gasteiger partial charge in [0.15, 0.2) is 0 Å². The van der Waals surface area contributed by atoms with Crippen molar-refractivity contribution in [3.63, 3.8) is 0 Å². The maximum atomic E-state index is 5.37. The van der Waals surface area contributed by atoms with Gasteiger partial charge in [-0.2, -0.15) is 0 Å². The number of pyridine rings is 1. The topological polar surface area (TPSA) is 19.0 Å². The molecule has 2 heterocycles. The van der Waals surface area contributed by atoms with E-state index in [1.165, 1.54) is 44.3 Å². The molecule has 0 saturated carbocycles. The Labute approximate surface area is 103 Å². The van der Waals surface area contributed by atoms with Crippen molar-refractivity contribution in [1.82, 2.24) is 9.88 Å². The summed E-state index contributed by atoms with van der Waals surface area (Å²) in [7, 11) is 0. The Kier molecular flexibility index (Phi) is 4.13. The van der Waals surface area contributed by atoms with Crippen LogP contribution in [0.15, 0.2) is 18.3 Å². The lowest BCUT2D eigenvalue weighted by atomic mass is 10.1. The van der Waals surface area contributed by atoms with E-state index in [0.717, 1.165) is 4.64 Å². The van der Waals surface area contributed by atoms with Gasteiger partial charge < -0.3 is 4.98 Å². The maximum Gasteiger partial charge on any atom is 0.108 e. The number of unbranched alkanes of at least 4 members (excludes halogenated alkanes) is 1. The van der Waals surface area contributed by atoms with Crippen molar-refractivity contribution in [2.45, 2.75) is 38.6 Å². The van der Waals surface area contributed by atoms with E-state index in [1.807, 2.05) is 6.20 Å². The first-order valence-corrected chi connectivity index (χ1v) is 6.65. The van der Waals surface area contributed by atoms with Crippen LogP contribution in [0.5, 0.6) is 0 Å². The van der Waals surface area contributed by atoms with Crippen LogP contribution in [-0.2, 0) is 0 Å². The average molecular weight is 236 g/mol. The largest absolute Gasteiger partial charge is 0.353 e. The zero-order chi connectivity index (χ0) is 11.4. The molecule has 0 aromatic carbocycles. The van der Waals surface area contributed by atoms with Crippen molar-refractivity contribution in [2.24, 2.45) is 0 Å². The first-order chi connectivity index (χ1) is 7.83. The second-order valence-electron chi connectivity index (χ2n) is 4.50. The lowest BCUT2D eigenvalue weighted by molar-refractivity contribution is 0.252. The smallest absolute Gasteiger partial charge is 0.108 e.